The van der Waals surface area contributed by atoms with E-state index in [1.54, 1.807) is 4.99 Å². The number of halogens is 1. The van der Waals surface area contributed by atoms with Gasteiger partial charge in [-0.15, -0.1) is 0 Å². The summed E-state index contributed by atoms with van der Waals surface area (Å²) in [5.41, 5.74) is 0.793. The molecule has 0 amide bonds. The van der Waals surface area contributed by atoms with Crippen molar-refractivity contribution in [2.45, 2.75) is 12.8 Å². The van der Waals surface area contributed by atoms with Crippen molar-refractivity contribution in [2.75, 3.05) is 0 Å². The summed E-state index contributed by atoms with van der Waals surface area (Å²) in [6, 6.07) is 9.39. The van der Waals surface area contributed by atoms with E-state index in [-0.39, 0.29) is 5.78 Å². The lowest BCUT2D eigenvalue weighted by atomic mass is 10.1. The Morgan fingerprint density at radius 1 is 1.20 bits per heavy atom. The first kappa shape index (κ1) is 11.9. The molecular formula is C13H13BrO. The van der Waals surface area contributed by atoms with E-state index in [9.17, 15) is 4.79 Å². The maximum atomic E-state index is 11.6. The summed E-state index contributed by atoms with van der Waals surface area (Å²) >= 11 is 3.17. The lowest BCUT2D eigenvalue weighted by Crippen LogP contribution is -1.96. The molecule has 0 aliphatic carbocycles. The number of allylic oxidation sites excluding steroid dienone is 3. The highest BCUT2D eigenvalue weighted by Gasteiger charge is 2.01. The topological polar surface area (TPSA) is 17.1 Å². The molecule has 78 valence electrons. The van der Waals surface area contributed by atoms with Crippen LogP contribution in [0.5, 0.6) is 0 Å². The number of ketones is 1. The minimum absolute atomic E-state index is 0.197. The highest BCUT2D eigenvalue weighted by atomic mass is 79.9. The Balaban J connectivity index is 2.37. The van der Waals surface area contributed by atoms with Crippen molar-refractivity contribution in [3.8, 4) is 0 Å². The summed E-state index contributed by atoms with van der Waals surface area (Å²) < 4.78 is 0. The van der Waals surface area contributed by atoms with Crippen LogP contribution in [0.4, 0.5) is 0 Å². The van der Waals surface area contributed by atoms with Gasteiger partial charge in [-0.2, -0.15) is 0 Å². The molecule has 0 aliphatic heterocycles. The smallest absolute Gasteiger partial charge is 0.163 e. The average molecular weight is 265 g/mol. The van der Waals surface area contributed by atoms with Crippen molar-refractivity contribution in [2.24, 2.45) is 0 Å². The molecule has 1 aromatic carbocycles. The monoisotopic (exact) mass is 264 g/mol. The Labute approximate surface area is 98.6 Å². The fraction of sp³-hybridized carbons (Fsp3) is 0.154. The largest absolute Gasteiger partial charge is 0.294 e. The Morgan fingerprint density at radius 2 is 1.93 bits per heavy atom. The van der Waals surface area contributed by atoms with Crippen LogP contribution in [-0.4, -0.2) is 5.78 Å². The maximum Gasteiger partial charge on any atom is 0.163 e. The third-order valence-electron chi connectivity index (χ3n) is 1.95. The highest BCUT2D eigenvalue weighted by Crippen LogP contribution is 2.05. The number of rotatable bonds is 5. The van der Waals surface area contributed by atoms with Crippen LogP contribution in [0, 0.1) is 0 Å². The van der Waals surface area contributed by atoms with E-state index < -0.39 is 0 Å². The van der Waals surface area contributed by atoms with E-state index in [0.717, 1.165) is 12.0 Å². The summed E-state index contributed by atoms with van der Waals surface area (Å²) in [5, 5.41) is 0. The van der Waals surface area contributed by atoms with Gasteiger partial charge in [0.25, 0.3) is 0 Å². The van der Waals surface area contributed by atoms with Crippen molar-refractivity contribution in [3.05, 3.63) is 59.1 Å². The molecule has 0 atom stereocenters. The molecule has 0 aliphatic rings. The maximum absolute atomic E-state index is 11.6. The van der Waals surface area contributed by atoms with Crippen molar-refractivity contribution in [3.63, 3.8) is 0 Å². The van der Waals surface area contributed by atoms with Gasteiger partial charge in [0.05, 0.1) is 0 Å². The average Bonchev–Trinajstić information content (AvgIpc) is 2.30. The predicted octanol–water partition coefficient (Wildman–Crippen LogP) is 4.11. The van der Waals surface area contributed by atoms with Crippen LogP contribution in [0.25, 0.3) is 0 Å². The quantitative estimate of drug-likeness (QED) is 0.578. The number of carbonyl (C=O) groups excluding carboxylic acids is 1. The van der Waals surface area contributed by atoms with Crippen molar-refractivity contribution in [1.29, 1.82) is 0 Å². The van der Waals surface area contributed by atoms with E-state index in [2.05, 4.69) is 15.9 Å². The van der Waals surface area contributed by atoms with Gasteiger partial charge < -0.3 is 0 Å². The molecule has 1 nitrogen and oxygen atoms in total. The van der Waals surface area contributed by atoms with Crippen molar-refractivity contribution in [1.82, 2.24) is 0 Å². The molecule has 0 bridgehead atoms. The van der Waals surface area contributed by atoms with Crippen LogP contribution in [0.15, 0.2) is 53.5 Å². The lowest BCUT2D eigenvalue weighted by Gasteiger charge is -1.97. The Kier molecular flexibility index (Phi) is 5.71. The van der Waals surface area contributed by atoms with Gasteiger partial charge in [-0.25, -0.2) is 0 Å². The SMILES string of the molecule is O=C(CC/C=C\C=C\Br)c1ccccc1. The molecule has 1 rings (SSSR count). The first-order valence-electron chi connectivity index (χ1n) is 4.84. The molecule has 15 heavy (non-hydrogen) atoms. The first-order chi connectivity index (χ1) is 7.34. The summed E-state index contributed by atoms with van der Waals surface area (Å²) in [5.74, 6) is 0.197. The molecule has 0 spiro atoms. The van der Waals surface area contributed by atoms with Crippen LogP contribution in [0.2, 0.25) is 0 Å². The van der Waals surface area contributed by atoms with Gasteiger partial charge in [0.15, 0.2) is 5.78 Å². The number of Topliss-reactive ketones (excluding diaryl/α,β-unsaturated/α-hetero) is 1. The molecular weight excluding hydrogens is 252 g/mol. The summed E-state index contributed by atoms with van der Waals surface area (Å²) in [6.07, 6.45) is 7.14. The zero-order chi connectivity index (χ0) is 10.9. The molecule has 0 unspecified atom stereocenters. The van der Waals surface area contributed by atoms with Crippen LogP contribution in [0.3, 0.4) is 0 Å². The molecule has 2 heteroatoms. The van der Waals surface area contributed by atoms with E-state index in [1.165, 1.54) is 0 Å². The molecule has 0 fully saturated rings. The molecule has 0 saturated carbocycles. The van der Waals surface area contributed by atoms with Gasteiger partial charge >= 0.3 is 0 Å². The zero-order valence-corrected chi connectivity index (χ0v) is 9.98. The van der Waals surface area contributed by atoms with Crippen LogP contribution in [0.1, 0.15) is 23.2 Å². The van der Waals surface area contributed by atoms with Crippen molar-refractivity contribution >= 4 is 21.7 Å². The predicted molar refractivity (Wildman–Crippen MR) is 67.2 cm³/mol. The van der Waals surface area contributed by atoms with Gasteiger partial charge in [0, 0.05) is 12.0 Å². The van der Waals surface area contributed by atoms with Crippen LogP contribution < -0.4 is 0 Å². The number of benzene rings is 1. The summed E-state index contributed by atoms with van der Waals surface area (Å²) in [7, 11) is 0. The summed E-state index contributed by atoms with van der Waals surface area (Å²) in [4.78, 5) is 13.4. The fourth-order valence-electron chi connectivity index (χ4n) is 1.20. The van der Waals surface area contributed by atoms with E-state index in [1.807, 2.05) is 48.6 Å². The normalized spacial score (nSPS) is 11.3. The van der Waals surface area contributed by atoms with Crippen LogP contribution in [-0.2, 0) is 0 Å². The molecule has 0 radical (unpaired) electrons. The van der Waals surface area contributed by atoms with Gasteiger partial charge in [0.1, 0.15) is 0 Å². The Bertz CT molecular complexity index is 352. The van der Waals surface area contributed by atoms with E-state index >= 15 is 0 Å². The second-order valence-electron chi connectivity index (χ2n) is 3.07. The van der Waals surface area contributed by atoms with Gasteiger partial charge in [-0.1, -0.05) is 64.5 Å². The van der Waals surface area contributed by atoms with Crippen molar-refractivity contribution < 1.29 is 4.79 Å². The van der Waals surface area contributed by atoms with Gasteiger partial charge in [0.2, 0.25) is 0 Å². The standard InChI is InChI=1S/C13H13BrO/c14-11-7-2-1-6-10-13(15)12-8-4-3-5-9-12/h1-5,7-9,11H,6,10H2/b2-1-,11-7+. The minimum atomic E-state index is 0.197. The molecule has 0 N–H and O–H groups in total. The Hall–Kier alpha value is -1.15. The molecule has 0 heterocycles. The molecule has 0 saturated heterocycles. The fourth-order valence-corrected chi connectivity index (χ4v) is 1.38. The molecule has 0 aromatic heterocycles. The van der Waals surface area contributed by atoms with Gasteiger partial charge in [-0.3, -0.25) is 4.79 Å². The highest BCUT2D eigenvalue weighted by molar-refractivity contribution is 9.11. The third kappa shape index (κ3) is 4.75. The molecule has 1 aromatic rings. The number of hydrogen-bond acceptors (Lipinski definition) is 1. The Morgan fingerprint density at radius 3 is 2.60 bits per heavy atom. The third-order valence-corrected chi connectivity index (χ3v) is 2.26. The van der Waals surface area contributed by atoms with E-state index in [0.29, 0.717) is 6.42 Å². The second kappa shape index (κ2) is 7.18. The summed E-state index contributed by atoms with van der Waals surface area (Å²) in [6.45, 7) is 0. The van der Waals surface area contributed by atoms with Gasteiger partial charge in [-0.05, 0) is 11.4 Å². The minimum Gasteiger partial charge on any atom is -0.294 e. The zero-order valence-electron chi connectivity index (χ0n) is 8.40. The number of carbonyl (C=O) groups is 1. The number of hydrogen-bond donors (Lipinski definition) is 0. The van der Waals surface area contributed by atoms with Crippen LogP contribution >= 0.6 is 15.9 Å². The lowest BCUT2D eigenvalue weighted by molar-refractivity contribution is 0.0983. The second-order valence-corrected chi connectivity index (χ2v) is 3.60. The first-order valence-corrected chi connectivity index (χ1v) is 5.76. The van der Waals surface area contributed by atoms with E-state index in [4.69, 9.17) is 0 Å².